The average molecular weight is 726 g/mol. The number of alkyl halides is 9. The second-order valence-corrected chi connectivity index (χ2v) is 12.4. The van der Waals surface area contributed by atoms with Gasteiger partial charge in [0.15, 0.2) is 0 Å². The highest BCUT2D eigenvalue weighted by Gasteiger charge is 2.38. The van der Waals surface area contributed by atoms with Crippen LogP contribution in [0.1, 0.15) is 73.4 Å². The highest BCUT2D eigenvalue weighted by Crippen LogP contribution is 2.37. The van der Waals surface area contributed by atoms with Gasteiger partial charge >= 0.3 is 18.5 Å². The van der Waals surface area contributed by atoms with Gasteiger partial charge < -0.3 is 20.4 Å². The number of hydrazine groups is 1. The lowest BCUT2D eigenvalue weighted by atomic mass is 9.91. The van der Waals surface area contributed by atoms with Crippen molar-refractivity contribution in [3.63, 3.8) is 0 Å². The van der Waals surface area contributed by atoms with Crippen LogP contribution in [-0.2, 0) is 42.8 Å². The molecule has 2 aromatic carbocycles. The maximum atomic E-state index is 13.9. The van der Waals surface area contributed by atoms with Crippen molar-refractivity contribution in [2.24, 2.45) is 22.6 Å². The number of benzene rings is 2. The van der Waals surface area contributed by atoms with E-state index in [0.29, 0.717) is 63.1 Å². The molecule has 8 nitrogen and oxygen atoms in total. The van der Waals surface area contributed by atoms with E-state index in [1.165, 1.54) is 13.1 Å². The monoisotopic (exact) mass is 725 g/mol. The SMILES string of the molecule is CCC(Cc1ccc(C(F)(F)F)cc1CN(Cc1cc(C(F)(F)F)cc(C(F)(F)F)c1)/C(N)=N/N(C)N)N1CCC(C(=O)N(CC)CC)CC1. The Morgan fingerprint density at radius 2 is 1.36 bits per heavy atom. The second-order valence-electron chi connectivity index (χ2n) is 12.4. The molecule has 0 aliphatic carbocycles. The number of halogens is 9. The first-order valence-electron chi connectivity index (χ1n) is 16.2. The number of carbonyl (C=O) groups excluding carboxylic acids is 1. The van der Waals surface area contributed by atoms with Crippen LogP contribution in [0, 0.1) is 5.92 Å². The Balaban J connectivity index is 2.00. The van der Waals surface area contributed by atoms with E-state index in [4.69, 9.17) is 11.6 Å². The summed E-state index contributed by atoms with van der Waals surface area (Å²) in [7, 11) is 1.26. The van der Waals surface area contributed by atoms with Gasteiger partial charge in [-0.15, -0.1) is 5.10 Å². The van der Waals surface area contributed by atoms with E-state index in [-0.39, 0.29) is 35.9 Å². The standard InChI is InChI=1S/C33H44F9N7O/c1-5-28(48-12-10-22(11-13-48)29(50)47(6-2)7-3)17-23-8-9-25(31(34,35)36)16-24(23)20-49(30(43)45-46(4)44)19-21-14-26(32(37,38)39)18-27(15-21)33(40,41)42/h8-9,14-16,18,22,28H,5-7,10-13,17,19-20,44H2,1-4H3,(H2,43,45). The molecule has 0 bridgehead atoms. The van der Waals surface area contributed by atoms with Crippen LogP contribution < -0.4 is 11.6 Å². The zero-order chi connectivity index (χ0) is 37.6. The fraction of sp³-hybridized carbons (Fsp3) is 0.576. The van der Waals surface area contributed by atoms with Gasteiger partial charge in [-0.25, -0.2) is 11.0 Å². The quantitative estimate of drug-likeness (QED) is 0.0834. The Hall–Kier alpha value is -3.73. The minimum absolute atomic E-state index is 0.0168. The zero-order valence-corrected chi connectivity index (χ0v) is 28.4. The summed E-state index contributed by atoms with van der Waals surface area (Å²) in [4.78, 5) is 18.0. The summed E-state index contributed by atoms with van der Waals surface area (Å²) < 4.78 is 123. The minimum atomic E-state index is -5.12. The fourth-order valence-electron chi connectivity index (χ4n) is 6.22. The van der Waals surface area contributed by atoms with E-state index in [1.807, 2.05) is 20.8 Å². The molecule has 50 heavy (non-hydrogen) atoms. The Bertz CT molecular complexity index is 1430. The molecule has 1 amide bonds. The van der Waals surface area contributed by atoms with Crippen molar-refractivity contribution in [3.8, 4) is 0 Å². The third-order valence-corrected chi connectivity index (χ3v) is 8.90. The molecule has 4 N–H and O–H groups in total. The van der Waals surface area contributed by atoms with Crippen molar-refractivity contribution in [1.82, 2.24) is 19.8 Å². The third kappa shape index (κ3) is 10.9. The molecule has 0 aromatic heterocycles. The predicted octanol–water partition coefficient (Wildman–Crippen LogP) is 6.68. The van der Waals surface area contributed by atoms with Gasteiger partial charge in [0.2, 0.25) is 11.9 Å². The highest BCUT2D eigenvalue weighted by molar-refractivity contribution is 5.79. The molecular formula is C33H44F9N7O. The number of hydrazone groups is 1. The number of guanidine groups is 1. The molecule has 1 aliphatic heterocycles. The van der Waals surface area contributed by atoms with Gasteiger partial charge in [0.1, 0.15) is 0 Å². The van der Waals surface area contributed by atoms with Crippen LogP contribution in [0.2, 0.25) is 0 Å². The maximum Gasteiger partial charge on any atom is 0.416 e. The van der Waals surface area contributed by atoms with Gasteiger partial charge in [-0.3, -0.25) is 4.79 Å². The average Bonchev–Trinajstić information content (AvgIpc) is 3.02. The Morgan fingerprint density at radius 3 is 1.82 bits per heavy atom. The number of hydrogen-bond donors (Lipinski definition) is 2. The lowest BCUT2D eigenvalue weighted by Gasteiger charge is -2.38. The van der Waals surface area contributed by atoms with Crippen molar-refractivity contribution in [2.45, 2.75) is 84.1 Å². The number of amides is 1. The first kappa shape index (κ1) is 40.7. The zero-order valence-electron chi connectivity index (χ0n) is 28.4. The Morgan fingerprint density at radius 1 is 0.820 bits per heavy atom. The number of likely N-dealkylation sites (tertiary alicyclic amines) is 1. The summed E-state index contributed by atoms with van der Waals surface area (Å²) in [6, 6.07) is 4.05. The number of piperidine rings is 1. The molecule has 1 aliphatic rings. The van der Waals surface area contributed by atoms with Crippen LogP contribution in [0.5, 0.6) is 0 Å². The molecule has 1 saturated heterocycles. The molecule has 0 radical (unpaired) electrons. The van der Waals surface area contributed by atoms with Crippen molar-refractivity contribution in [1.29, 1.82) is 0 Å². The van der Waals surface area contributed by atoms with Gasteiger partial charge in [0.25, 0.3) is 0 Å². The van der Waals surface area contributed by atoms with E-state index in [9.17, 15) is 44.3 Å². The highest BCUT2D eigenvalue weighted by atomic mass is 19.4. The van der Waals surface area contributed by atoms with Gasteiger partial charge in [-0.2, -0.15) is 39.5 Å². The number of nitrogens with zero attached hydrogens (tertiary/aromatic N) is 5. The summed E-state index contributed by atoms with van der Waals surface area (Å²) >= 11 is 0. The van der Waals surface area contributed by atoms with E-state index in [2.05, 4.69) is 10.0 Å². The van der Waals surface area contributed by atoms with Crippen LogP contribution in [0.4, 0.5) is 39.5 Å². The lowest BCUT2D eigenvalue weighted by molar-refractivity contribution is -0.143. The van der Waals surface area contributed by atoms with Crippen LogP contribution in [0.25, 0.3) is 0 Å². The van der Waals surface area contributed by atoms with E-state index in [0.717, 1.165) is 22.2 Å². The first-order chi connectivity index (χ1) is 23.2. The molecule has 0 saturated carbocycles. The van der Waals surface area contributed by atoms with Gasteiger partial charge in [0, 0.05) is 45.2 Å². The van der Waals surface area contributed by atoms with E-state index < -0.39 is 59.8 Å². The Kier molecular flexibility index (Phi) is 13.5. The Labute approximate surface area is 285 Å². The second kappa shape index (κ2) is 16.5. The van der Waals surface area contributed by atoms with Crippen LogP contribution >= 0.6 is 0 Å². The molecule has 280 valence electrons. The van der Waals surface area contributed by atoms with Crippen LogP contribution in [-0.4, -0.2) is 71.0 Å². The summed E-state index contributed by atoms with van der Waals surface area (Å²) in [6.45, 7) is 7.05. The van der Waals surface area contributed by atoms with Crippen molar-refractivity contribution in [2.75, 3.05) is 33.2 Å². The van der Waals surface area contributed by atoms with Gasteiger partial charge in [-0.05, 0) is 99.6 Å². The normalized spacial score (nSPS) is 16.0. The molecule has 0 spiro atoms. The van der Waals surface area contributed by atoms with Crippen molar-refractivity contribution >= 4 is 11.9 Å². The number of hydrogen-bond acceptors (Lipinski definition) is 5. The molecule has 1 unspecified atom stereocenters. The molecule has 2 aromatic rings. The molecule has 1 fully saturated rings. The van der Waals surface area contributed by atoms with Crippen LogP contribution in [0.15, 0.2) is 41.5 Å². The van der Waals surface area contributed by atoms with Gasteiger partial charge in [0.05, 0.1) is 16.7 Å². The minimum Gasteiger partial charge on any atom is -0.368 e. The van der Waals surface area contributed by atoms with Gasteiger partial charge in [-0.1, -0.05) is 13.0 Å². The molecule has 1 atom stereocenters. The number of rotatable bonds is 12. The summed E-state index contributed by atoms with van der Waals surface area (Å²) in [5, 5.41) is 4.59. The fourth-order valence-corrected chi connectivity index (χ4v) is 6.22. The summed E-state index contributed by atoms with van der Waals surface area (Å²) in [5.74, 6) is 5.10. The summed E-state index contributed by atoms with van der Waals surface area (Å²) in [5.41, 5.74) is 2.13. The smallest absolute Gasteiger partial charge is 0.368 e. The number of carbonyl (C=O) groups is 1. The largest absolute Gasteiger partial charge is 0.416 e. The predicted molar refractivity (Wildman–Crippen MR) is 171 cm³/mol. The molecule has 17 heteroatoms. The molecule has 3 rings (SSSR count). The van der Waals surface area contributed by atoms with Crippen molar-refractivity contribution < 1.29 is 44.3 Å². The molecular weight excluding hydrogens is 681 g/mol. The number of nitrogens with two attached hydrogens (primary N) is 2. The maximum absolute atomic E-state index is 13.9. The van der Waals surface area contributed by atoms with Crippen molar-refractivity contribution in [3.05, 3.63) is 69.8 Å². The van der Waals surface area contributed by atoms with E-state index in [1.54, 1.807) is 4.90 Å². The summed E-state index contributed by atoms with van der Waals surface area (Å²) in [6.07, 6.45) is -12.8. The van der Waals surface area contributed by atoms with Crippen LogP contribution in [0.3, 0.4) is 0 Å². The third-order valence-electron chi connectivity index (χ3n) is 8.90. The first-order valence-corrected chi connectivity index (χ1v) is 16.2. The topological polar surface area (TPSA) is 94.4 Å². The van der Waals surface area contributed by atoms with E-state index >= 15 is 0 Å². The molecule has 1 heterocycles. The lowest BCUT2D eigenvalue weighted by Crippen LogP contribution is -2.46.